The first kappa shape index (κ1) is 21.0. The lowest BCUT2D eigenvalue weighted by Crippen LogP contribution is -2.29. The van der Waals surface area contributed by atoms with Gasteiger partial charge in [0.1, 0.15) is 12.0 Å². The number of nitrogens with one attached hydrogen (secondary N) is 1. The molecule has 4 heterocycles. The van der Waals surface area contributed by atoms with E-state index in [0.29, 0.717) is 11.6 Å². The monoisotopic (exact) mass is 447 g/mol. The highest BCUT2D eigenvalue weighted by Crippen LogP contribution is 2.34. The molecular weight excluding hydrogens is 422 g/mol. The third-order valence-corrected chi connectivity index (χ3v) is 6.51. The van der Waals surface area contributed by atoms with Crippen molar-refractivity contribution in [3.8, 4) is 0 Å². The van der Waals surface area contributed by atoms with Gasteiger partial charge in [0.25, 0.3) is 5.56 Å². The summed E-state index contributed by atoms with van der Waals surface area (Å²) in [5.74, 6) is -0.213. The van der Waals surface area contributed by atoms with E-state index in [1.807, 2.05) is 26.1 Å². The summed E-state index contributed by atoms with van der Waals surface area (Å²) >= 11 is 0. The van der Waals surface area contributed by atoms with Gasteiger partial charge in [0, 0.05) is 30.1 Å². The van der Waals surface area contributed by atoms with E-state index in [9.17, 15) is 9.59 Å². The van der Waals surface area contributed by atoms with E-state index < -0.39 is 5.97 Å². The highest BCUT2D eigenvalue weighted by Gasteiger charge is 2.26. The van der Waals surface area contributed by atoms with Crippen molar-refractivity contribution in [3.63, 3.8) is 0 Å². The minimum absolute atomic E-state index is 0.0124. The molecule has 170 valence electrons. The van der Waals surface area contributed by atoms with Crippen molar-refractivity contribution in [2.45, 2.75) is 52.0 Å². The van der Waals surface area contributed by atoms with Crippen LogP contribution in [0.4, 0.5) is 11.6 Å². The Morgan fingerprint density at radius 1 is 1.15 bits per heavy atom. The maximum Gasteiger partial charge on any atom is 0.303 e. The standard InChI is InChI=1S/C23H25N7O3/c1-13-8-20(31)30(16-5-3-15(4-6-16)9-21(32)33)22-17(13)10-24-23(28-22)27-18-11-29-19(7-14(18)2)25-12-26-29/h7-8,10-12,15-16H,3-6,9H2,1-2H3,(H,32,33)(H,24,27,28). The molecule has 0 amide bonds. The first-order valence-corrected chi connectivity index (χ1v) is 11.1. The number of aliphatic carboxylic acids is 1. The fraction of sp³-hybridized carbons (Fsp3) is 0.391. The molecule has 1 fully saturated rings. The lowest BCUT2D eigenvalue weighted by Gasteiger charge is -2.29. The molecule has 4 aromatic rings. The van der Waals surface area contributed by atoms with Gasteiger partial charge in [-0.1, -0.05) is 0 Å². The fourth-order valence-electron chi connectivity index (χ4n) is 4.75. The van der Waals surface area contributed by atoms with Crippen molar-refractivity contribution in [2.24, 2.45) is 5.92 Å². The van der Waals surface area contributed by atoms with E-state index in [-0.39, 0.29) is 23.9 Å². The quantitative estimate of drug-likeness (QED) is 0.476. The van der Waals surface area contributed by atoms with Crippen LogP contribution in [-0.4, -0.2) is 40.2 Å². The van der Waals surface area contributed by atoms with Gasteiger partial charge < -0.3 is 10.4 Å². The number of carbonyl (C=O) groups is 1. The molecule has 0 unspecified atom stereocenters. The molecule has 0 atom stereocenters. The highest BCUT2D eigenvalue weighted by atomic mass is 16.4. The van der Waals surface area contributed by atoms with Gasteiger partial charge in [-0.2, -0.15) is 10.1 Å². The number of hydrogen-bond donors (Lipinski definition) is 2. The van der Waals surface area contributed by atoms with Crippen LogP contribution in [0, 0.1) is 19.8 Å². The predicted molar refractivity (Wildman–Crippen MR) is 123 cm³/mol. The molecule has 0 spiro atoms. The zero-order valence-electron chi connectivity index (χ0n) is 18.5. The van der Waals surface area contributed by atoms with Gasteiger partial charge in [-0.25, -0.2) is 14.5 Å². The molecular formula is C23H25N7O3. The van der Waals surface area contributed by atoms with E-state index in [2.05, 4.69) is 20.4 Å². The van der Waals surface area contributed by atoms with Crippen LogP contribution in [0.15, 0.2) is 35.6 Å². The van der Waals surface area contributed by atoms with Crippen molar-refractivity contribution in [1.29, 1.82) is 0 Å². The zero-order valence-corrected chi connectivity index (χ0v) is 18.5. The minimum Gasteiger partial charge on any atom is -0.481 e. The summed E-state index contributed by atoms with van der Waals surface area (Å²) in [6.45, 7) is 3.85. The molecule has 4 aromatic heterocycles. The Morgan fingerprint density at radius 3 is 2.70 bits per heavy atom. The van der Waals surface area contributed by atoms with Crippen molar-refractivity contribution >= 4 is 34.3 Å². The third-order valence-electron chi connectivity index (χ3n) is 6.51. The summed E-state index contributed by atoms with van der Waals surface area (Å²) in [7, 11) is 0. The zero-order chi connectivity index (χ0) is 23.1. The average Bonchev–Trinajstić information content (AvgIpc) is 3.21. The van der Waals surface area contributed by atoms with Gasteiger partial charge >= 0.3 is 5.97 Å². The topological polar surface area (TPSA) is 127 Å². The summed E-state index contributed by atoms with van der Waals surface area (Å²) in [6.07, 6.45) is 8.33. The Labute approximate surface area is 189 Å². The van der Waals surface area contributed by atoms with Crippen LogP contribution in [0.2, 0.25) is 0 Å². The summed E-state index contributed by atoms with van der Waals surface area (Å²) in [4.78, 5) is 37.5. The number of nitrogens with zero attached hydrogens (tertiary/aromatic N) is 6. The smallest absolute Gasteiger partial charge is 0.303 e. The van der Waals surface area contributed by atoms with Crippen molar-refractivity contribution in [1.82, 2.24) is 29.1 Å². The van der Waals surface area contributed by atoms with Crippen LogP contribution in [-0.2, 0) is 4.79 Å². The predicted octanol–water partition coefficient (Wildman–Crippen LogP) is 3.40. The van der Waals surface area contributed by atoms with Crippen LogP contribution in [0.3, 0.4) is 0 Å². The second-order valence-electron chi connectivity index (χ2n) is 8.80. The molecule has 1 saturated carbocycles. The van der Waals surface area contributed by atoms with Gasteiger partial charge in [-0.15, -0.1) is 0 Å². The maximum absolute atomic E-state index is 13.0. The lowest BCUT2D eigenvalue weighted by atomic mass is 9.84. The van der Waals surface area contributed by atoms with Crippen molar-refractivity contribution in [3.05, 3.63) is 52.3 Å². The molecule has 2 N–H and O–H groups in total. The number of rotatable bonds is 5. The molecule has 0 bridgehead atoms. The largest absolute Gasteiger partial charge is 0.481 e. The van der Waals surface area contributed by atoms with E-state index in [1.165, 1.54) is 6.33 Å². The Morgan fingerprint density at radius 2 is 1.94 bits per heavy atom. The second-order valence-corrected chi connectivity index (χ2v) is 8.80. The molecule has 0 aliphatic heterocycles. The highest BCUT2D eigenvalue weighted by molar-refractivity contribution is 5.79. The lowest BCUT2D eigenvalue weighted by molar-refractivity contribution is -0.138. The number of fused-ring (bicyclic) bond motifs is 2. The Bertz CT molecular complexity index is 1420. The molecule has 0 aromatic carbocycles. The second kappa shape index (κ2) is 8.27. The molecule has 0 radical (unpaired) electrons. The molecule has 10 heteroatoms. The first-order valence-electron chi connectivity index (χ1n) is 11.1. The van der Waals surface area contributed by atoms with Crippen LogP contribution in [0.1, 0.15) is 49.3 Å². The third kappa shape index (κ3) is 4.04. The molecule has 5 rings (SSSR count). The fourth-order valence-corrected chi connectivity index (χ4v) is 4.75. The number of carboxylic acid groups (broad SMARTS) is 1. The number of pyridine rings is 2. The molecule has 33 heavy (non-hydrogen) atoms. The van der Waals surface area contributed by atoms with Crippen LogP contribution >= 0.6 is 0 Å². The number of aromatic nitrogens is 6. The summed E-state index contributed by atoms with van der Waals surface area (Å²) in [5.41, 5.74) is 3.85. The number of aryl methyl sites for hydroxylation is 2. The normalized spacial score (nSPS) is 18.6. The van der Waals surface area contributed by atoms with Gasteiger partial charge in [-0.05, 0) is 62.6 Å². The molecule has 0 saturated heterocycles. The molecule has 1 aliphatic rings. The first-order chi connectivity index (χ1) is 15.9. The molecule has 1 aliphatic carbocycles. The number of carboxylic acids is 1. The van der Waals surface area contributed by atoms with E-state index >= 15 is 0 Å². The van der Waals surface area contributed by atoms with Crippen LogP contribution in [0.5, 0.6) is 0 Å². The summed E-state index contributed by atoms with van der Waals surface area (Å²) in [5, 5.41) is 17.4. The van der Waals surface area contributed by atoms with Gasteiger partial charge in [-0.3, -0.25) is 14.2 Å². The molecule has 10 nitrogen and oxygen atoms in total. The van der Waals surface area contributed by atoms with Crippen molar-refractivity contribution in [2.75, 3.05) is 5.32 Å². The van der Waals surface area contributed by atoms with Gasteiger partial charge in [0.05, 0.1) is 11.9 Å². The SMILES string of the molecule is Cc1cc2ncnn2cc1Nc1ncc2c(C)cc(=O)n(C3CCC(CC(=O)O)CC3)c2n1. The minimum atomic E-state index is -0.765. The van der Waals surface area contributed by atoms with Gasteiger partial charge in [0.15, 0.2) is 5.65 Å². The van der Waals surface area contributed by atoms with E-state index in [0.717, 1.165) is 53.5 Å². The summed E-state index contributed by atoms with van der Waals surface area (Å²) in [6, 6.07) is 3.54. The number of hydrogen-bond acceptors (Lipinski definition) is 7. The Kier molecular flexibility index (Phi) is 5.27. The summed E-state index contributed by atoms with van der Waals surface area (Å²) < 4.78 is 3.44. The maximum atomic E-state index is 13.0. The average molecular weight is 447 g/mol. The van der Waals surface area contributed by atoms with E-state index in [1.54, 1.807) is 21.3 Å². The Hall–Kier alpha value is -3.82. The Balaban J connectivity index is 1.51. The van der Waals surface area contributed by atoms with E-state index in [4.69, 9.17) is 10.1 Å². The van der Waals surface area contributed by atoms with Crippen molar-refractivity contribution < 1.29 is 9.90 Å². The number of anilines is 2. The van der Waals surface area contributed by atoms with Crippen LogP contribution < -0.4 is 10.9 Å². The van der Waals surface area contributed by atoms with Crippen LogP contribution in [0.25, 0.3) is 16.7 Å². The van der Waals surface area contributed by atoms with Gasteiger partial charge in [0.2, 0.25) is 5.95 Å².